The fourth-order valence-corrected chi connectivity index (χ4v) is 3.14. The lowest BCUT2D eigenvalue weighted by Crippen LogP contribution is -2.36. The predicted octanol–water partition coefficient (Wildman–Crippen LogP) is 3.79. The third-order valence-electron chi connectivity index (χ3n) is 4.55. The van der Waals surface area contributed by atoms with E-state index in [9.17, 15) is 10.1 Å². The Labute approximate surface area is 156 Å². The Bertz CT molecular complexity index is 690. The zero-order valence-electron chi connectivity index (χ0n) is 15.9. The average Bonchev–Trinajstić information content (AvgIpc) is 2.61. The molecule has 0 N–H and O–H groups in total. The van der Waals surface area contributed by atoms with Gasteiger partial charge >= 0.3 is 5.97 Å². The van der Waals surface area contributed by atoms with Gasteiger partial charge in [-0.15, -0.1) is 0 Å². The minimum atomic E-state index is -0.500. The maximum Gasteiger partial charge on any atom is 0.306 e. The van der Waals surface area contributed by atoms with E-state index in [1.807, 2.05) is 45.0 Å². The molecule has 0 saturated carbocycles. The summed E-state index contributed by atoms with van der Waals surface area (Å²) in [7, 11) is 0. The quantitative estimate of drug-likeness (QED) is 0.596. The van der Waals surface area contributed by atoms with Gasteiger partial charge in [-0.25, -0.2) is 5.26 Å². The molecular weight excluding hydrogens is 325 g/mol. The number of carbonyl (C=O) groups is 1. The lowest BCUT2D eigenvalue weighted by molar-refractivity contribution is -0.154. The second-order valence-corrected chi connectivity index (χ2v) is 7.79. The van der Waals surface area contributed by atoms with Crippen molar-refractivity contribution >= 4 is 18.4 Å². The molecule has 0 amide bonds. The molecule has 2 rings (SSSR count). The second-order valence-electron chi connectivity index (χ2n) is 7.79. The highest BCUT2D eigenvalue weighted by Gasteiger charge is 2.23. The molecule has 0 aromatic heterocycles. The average molecular weight is 351 g/mol. The largest absolute Gasteiger partial charge is 0.460 e. The van der Waals surface area contributed by atoms with E-state index in [-0.39, 0.29) is 25.0 Å². The van der Waals surface area contributed by atoms with Crippen LogP contribution >= 0.6 is 0 Å². The first-order chi connectivity index (χ1) is 12.3. The molecule has 1 aromatic carbocycles. The summed E-state index contributed by atoms with van der Waals surface area (Å²) in [5, 5.41) is 18.4. The first-order valence-corrected chi connectivity index (χ1v) is 9.18. The number of nitriles is 2. The van der Waals surface area contributed by atoms with Gasteiger partial charge in [-0.3, -0.25) is 4.79 Å². The van der Waals surface area contributed by atoms with Crippen LogP contribution in [0.25, 0.3) is 0 Å². The van der Waals surface area contributed by atoms with Crippen LogP contribution in [0.3, 0.4) is 0 Å². The molecule has 26 heavy (non-hydrogen) atoms. The number of rotatable bonds is 5. The van der Waals surface area contributed by atoms with Crippen molar-refractivity contribution in [3.8, 4) is 12.0 Å². The molecule has 5 nitrogen and oxygen atoms in total. The first-order valence-electron chi connectivity index (χ1n) is 9.18. The Kier molecular flexibility index (Phi) is 6.69. The molecule has 1 fully saturated rings. The summed E-state index contributed by atoms with van der Waals surface area (Å²) in [6, 6.07) is 10.3. The minimum Gasteiger partial charge on any atom is -0.460 e. The Morgan fingerprint density at radius 2 is 1.85 bits per heavy atom. The van der Waals surface area contributed by atoms with Gasteiger partial charge in [-0.2, -0.15) is 5.26 Å². The summed E-state index contributed by atoms with van der Waals surface area (Å²) < 4.78 is 5.31. The van der Waals surface area contributed by atoms with Crippen LogP contribution < -0.4 is 4.90 Å². The molecule has 1 unspecified atom stereocenters. The van der Waals surface area contributed by atoms with Crippen molar-refractivity contribution in [2.24, 2.45) is 0 Å². The molecule has 0 aliphatic carbocycles. The van der Waals surface area contributed by atoms with Gasteiger partial charge in [0, 0.05) is 31.2 Å². The number of anilines is 1. The fourth-order valence-electron chi connectivity index (χ4n) is 3.14. The predicted molar refractivity (Wildman–Crippen MR) is 103 cm³/mol. The Morgan fingerprint density at radius 1 is 1.23 bits per heavy atom. The summed E-state index contributed by atoms with van der Waals surface area (Å²) >= 11 is 0. The van der Waals surface area contributed by atoms with Gasteiger partial charge < -0.3 is 9.64 Å². The number of carbonyl (C=O) groups excluding carboxylic acids is 1. The number of benzene rings is 1. The zero-order chi connectivity index (χ0) is 19.2. The molecule has 0 radical (unpaired) electrons. The number of ether oxygens (including phenoxy) is 1. The molecule has 0 spiro atoms. The lowest BCUT2D eigenvalue weighted by atomic mass is 9.45. The van der Waals surface area contributed by atoms with Crippen LogP contribution in [-0.2, 0) is 9.53 Å². The molecule has 1 aromatic rings. The summed E-state index contributed by atoms with van der Waals surface area (Å²) in [5.41, 5.74) is 1.54. The summed E-state index contributed by atoms with van der Waals surface area (Å²) in [6.45, 7) is 7.46. The van der Waals surface area contributed by atoms with Crippen molar-refractivity contribution in [3.05, 3.63) is 29.8 Å². The highest BCUT2D eigenvalue weighted by Crippen LogP contribution is 2.26. The van der Waals surface area contributed by atoms with Crippen molar-refractivity contribution in [1.29, 1.82) is 10.5 Å². The summed E-state index contributed by atoms with van der Waals surface area (Å²) in [6.07, 6.45) is 2.49. The van der Waals surface area contributed by atoms with Gasteiger partial charge in [0.25, 0.3) is 6.71 Å². The molecule has 1 saturated heterocycles. The van der Waals surface area contributed by atoms with Crippen molar-refractivity contribution < 1.29 is 9.53 Å². The standard InChI is InChI=1S/C20H26BN3O2/c1-20(2,3)26-19(25)9-6-17(14-22)16-4-7-18(8-5-16)24-12-10-21(15-23)11-13-24/h4-5,7-8,17H,6,9-13H2,1-3H3. The third kappa shape index (κ3) is 5.81. The van der Waals surface area contributed by atoms with Gasteiger partial charge in [-0.1, -0.05) is 12.1 Å². The van der Waals surface area contributed by atoms with Crippen LogP contribution in [0.5, 0.6) is 0 Å². The number of hydrogen-bond acceptors (Lipinski definition) is 5. The minimum absolute atomic E-state index is 0.168. The van der Waals surface area contributed by atoms with Crippen LogP contribution in [0.15, 0.2) is 24.3 Å². The molecule has 0 bridgehead atoms. The van der Waals surface area contributed by atoms with Gasteiger partial charge in [0.15, 0.2) is 0 Å². The van der Waals surface area contributed by atoms with E-state index in [1.165, 1.54) is 0 Å². The van der Waals surface area contributed by atoms with Gasteiger partial charge in [0.2, 0.25) is 0 Å². The van der Waals surface area contributed by atoms with E-state index in [2.05, 4.69) is 16.9 Å². The highest BCUT2D eigenvalue weighted by molar-refractivity contribution is 6.67. The van der Waals surface area contributed by atoms with Gasteiger partial charge in [0.1, 0.15) is 5.60 Å². The van der Waals surface area contributed by atoms with E-state index >= 15 is 0 Å². The molecule has 1 aliphatic rings. The van der Waals surface area contributed by atoms with E-state index in [1.54, 1.807) is 0 Å². The highest BCUT2D eigenvalue weighted by atomic mass is 16.6. The lowest BCUT2D eigenvalue weighted by Gasteiger charge is -2.30. The van der Waals surface area contributed by atoms with E-state index in [4.69, 9.17) is 10.00 Å². The number of hydrogen-bond donors (Lipinski definition) is 0. The van der Waals surface area contributed by atoms with Crippen LogP contribution in [0.1, 0.15) is 45.1 Å². The van der Waals surface area contributed by atoms with Gasteiger partial charge in [0.05, 0.1) is 12.0 Å². The Hall–Kier alpha value is -2.47. The topological polar surface area (TPSA) is 77.1 Å². The van der Waals surface area contributed by atoms with Crippen molar-refractivity contribution in [3.63, 3.8) is 0 Å². The smallest absolute Gasteiger partial charge is 0.306 e. The van der Waals surface area contributed by atoms with Gasteiger partial charge in [-0.05, 0) is 57.5 Å². The fraction of sp³-hybridized carbons (Fsp3) is 0.550. The van der Waals surface area contributed by atoms with Crippen LogP contribution in [0.2, 0.25) is 12.6 Å². The van der Waals surface area contributed by atoms with E-state index < -0.39 is 5.60 Å². The molecule has 136 valence electrons. The second kappa shape index (κ2) is 8.76. The van der Waals surface area contributed by atoms with Crippen LogP contribution in [0, 0.1) is 22.6 Å². The normalized spacial score (nSPS) is 15.7. The van der Waals surface area contributed by atoms with Crippen LogP contribution in [-0.4, -0.2) is 31.4 Å². The van der Waals surface area contributed by atoms with Crippen LogP contribution in [0.4, 0.5) is 5.69 Å². The molecule has 1 heterocycles. The number of esters is 1. The van der Waals surface area contributed by atoms with Crippen molar-refractivity contribution in [2.45, 2.75) is 57.8 Å². The summed E-state index contributed by atoms with van der Waals surface area (Å²) in [4.78, 5) is 14.1. The Morgan fingerprint density at radius 3 is 2.35 bits per heavy atom. The molecular formula is C20H26BN3O2. The third-order valence-corrected chi connectivity index (χ3v) is 4.55. The molecule has 6 heteroatoms. The van der Waals surface area contributed by atoms with E-state index in [0.29, 0.717) is 6.42 Å². The SMILES string of the molecule is CC(C)(C)OC(=O)CCC(C#N)c1ccc(N2CCB(C#N)CC2)cc1. The van der Waals surface area contributed by atoms with Crippen molar-refractivity contribution in [1.82, 2.24) is 0 Å². The maximum atomic E-state index is 11.9. The van der Waals surface area contributed by atoms with E-state index in [0.717, 1.165) is 37.0 Å². The Balaban J connectivity index is 1.92. The maximum absolute atomic E-state index is 11.9. The number of nitrogens with zero attached hydrogens (tertiary/aromatic N) is 3. The van der Waals surface area contributed by atoms with Crippen molar-refractivity contribution in [2.75, 3.05) is 18.0 Å². The summed E-state index contributed by atoms with van der Waals surface area (Å²) in [5.74, 6) is 1.76. The first kappa shape index (κ1) is 19.9. The monoisotopic (exact) mass is 351 g/mol. The molecule has 1 atom stereocenters. The zero-order valence-corrected chi connectivity index (χ0v) is 15.9. The molecule has 1 aliphatic heterocycles.